The molecule has 9 heavy (non-hydrogen) atoms. The maximum Gasteiger partial charge on any atom is 3.00 e. The molecule has 0 aromatic rings. The van der Waals surface area contributed by atoms with E-state index in [1.165, 1.54) is 0 Å². The molecule has 1 N–H and O–H groups in total. The fraction of sp³-hybridized carbons (Fsp3) is 0. The van der Waals surface area contributed by atoms with E-state index in [0.29, 0.717) is 0 Å². The Morgan fingerprint density at radius 3 is 1.33 bits per heavy atom. The molecule has 0 aromatic heterocycles. The van der Waals surface area contributed by atoms with E-state index >= 15 is 0 Å². The molecule has 0 aliphatic heterocycles. The first-order valence-electron chi connectivity index (χ1n) is 1.52. The van der Waals surface area contributed by atoms with Crippen LogP contribution in [0.15, 0.2) is 0 Å². The monoisotopic (exact) mass is 172 g/mol. The number of carboxylic acid groups (broad SMARTS) is 2. The predicted octanol–water partition coefficient (Wildman–Crippen LogP) is -3.18. The molecule has 0 rings (SSSR count). The fourth-order valence-corrected chi connectivity index (χ4v) is 0.486. The summed E-state index contributed by atoms with van der Waals surface area (Å²) < 4.78 is -2.88. The Hall–Kier alpha value is 0.692. The van der Waals surface area contributed by atoms with Crippen molar-refractivity contribution in [3.63, 3.8) is 0 Å². The van der Waals surface area contributed by atoms with E-state index in [9.17, 15) is 19.8 Å². The number of carbonyl (C=O) groups excluding carboxylic acids is 2. The van der Waals surface area contributed by atoms with Crippen molar-refractivity contribution < 1.29 is 25.3 Å². The molecule has 0 radical (unpaired) electrons. The summed E-state index contributed by atoms with van der Waals surface area (Å²) in [7, 11) is 0. The SMILES string of the molecule is O=[C]([O-])[Ca][C](=O)[O-].[Al+3].[OH-]. The van der Waals surface area contributed by atoms with Gasteiger partial charge in [0.1, 0.15) is 0 Å². The van der Waals surface area contributed by atoms with Crippen LogP contribution in [0.25, 0.3) is 0 Å². The van der Waals surface area contributed by atoms with Crippen LogP contribution in [0, 0.1) is 0 Å². The third-order valence-electron chi connectivity index (χ3n) is 0.289. The molecular weight excluding hydrogens is 171 g/mol. The van der Waals surface area contributed by atoms with Crippen LogP contribution in [0.3, 0.4) is 0 Å². The van der Waals surface area contributed by atoms with Crippen LogP contribution < -0.4 is 10.2 Å². The first-order valence-corrected chi connectivity index (χ1v) is 3.73. The van der Waals surface area contributed by atoms with E-state index < -0.39 is 38.0 Å². The number of hydrogen-bond donors (Lipinski definition) is 0. The van der Waals surface area contributed by atoms with Crippen LogP contribution >= 0.6 is 0 Å². The van der Waals surface area contributed by atoms with E-state index in [4.69, 9.17) is 0 Å². The second kappa shape index (κ2) is 8.69. The largest absolute Gasteiger partial charge is 3.00 e. The van der Waals surface area contributed by atoms with Gasteiger partial charge in [0.05, 0.1) is 0 Å². The Balaban J connectivity index is -0.000000180. The molecular formula is C2HAlCaO5. The summed E-state index contributed by atoms with van der Waals surface area (Å²) in [5.74, 6) is 0. The van der Waals surface area contributed by atoms with Gasteiger partial charge in [0, 0.05) is 0 Å². The number of hydrogen-bond acceptors (Lipinski definition) is 5. The summed E-state index contributed by atoms with van der Waals surface area (Å²) in [6.45, 7) is 0. The molecule has 0 saturated heterocycles. The van der Waals surface area contributed by atoms with Gasteiger partial charge in [0.25, 0.3) is 0 Å². The molecule has 0 bridgehead atoms. The molecule has 0 aliphatic carbocycles. The van der Waals surface area contributed by atoms with Crippen molar-refractivity contribution in [2.45, 2.75) is 0 Å². The normalized spacial score (nSPS) is 5.33. The topological polar surface area (TPSA) is 110 Å². The van der Waals surface area contributed by atoms with E-state index in [-0.39, 0.29) is 22.8 Å². The van der Waals surface area contributed by atoms with Gasteiger partial charge >= 0.3 is 75.1 Å². The zero-order valence-electron chi connectivity index (χ0n) is 4.36. The van der Waals surface area contributed by atoms with Crippen LogP contribution in [-0.2, 0) is 0 Å². The number of carbonyl (C=O) groups is 2. The van der Waals surface area contributed by atoms with Crippen LogP contribution in [-0.4, -0.2) is 60.8 Å². The minimum Gasteiger partial charge on any atom is -0.870 e. The second-order valence-electron chi connectivity index (χ2n) is 0.921. The molecule has 44 valence electrons. The first-order chi connectivity index (χ1) is 3.13. The van der Waals surface area contributed by atoms with Crippen molar-refractivity contribution in [2.24, 2.45) is 0 Å². The molecule has 0 saturated carbocycles. The zero-order valence-corrected chi connectivity index (χ0v) is 7.73. The van der Waals surface area contributed by atoms with Crippen molar-refractivity contribution in [3.05, 3.63) is 0 Å². The van der Waals surface area contributed by atoms with Crippen LogP contribution in [0.4, 0.5) is 9.59 Å². The number of rotatable bonds is 2. The molecule has 5 nitrogen and oxygen atoms in total. The average Bonchev–Trinajstić information content (AvgIpc) is 1.27. The van der Waals surface area contributed by atoms with Gasteiger partial charge < -0.3 is 5.48 Å². The van der Waals surface area contributed by atoms with E-state index in [1.54, 1.807) is 0 Å². The van der Waals surface area contributed by atoms with Gasteiger partial charge in [0.15, 0.2) is 0 Å². The Bertz CT molecular complexity index is 91.1. The van der Waals surface area contributed by atoms with E-state index in [0.717, 1.165) is 0 Å². The Morgan fingerprint density at radius 2 is 1.33 bits per heavy atom. The van der Waals surface area contributed by atoms with Crippen molar-refractivity contribution >= 4 is 55.3 Å². The summed E-state index contributed by atoms with van der Waals surface area (Å²) in [6.07, 6.45) is 0. The van der Waals surface area contributed by atoms with Crippen molar-refractivity contribution in [1.82, 2.24) is 0 Å². The summed E-state index contributed by atoms with van der Waals surface area (Å²) in [5, 5.41) is 18.7. The van der Waals surface area contributed by atoms with Gasteiger partial charge in [-0.1, -0.05) is 0 Å². The molecule has 0 atom stereocenters. The summed E-state index contributed by atoms with van der Waals surface area (Å²) in [6, 6.07) is 0. The minimum absolute atomic E-state index is 0. The molecule has 0 amide bonds. The third kappa shape index (κ3) is 17.7. The minimum atomic E-state index is -2.49. The van der Waals surface area contributed by atoms with Gasteiger partial charge in [-0.3, -0.25) is 0 Å². The van der Waals surface area contributed by atoms with Crippen LogP contribution in [0.1, 0.15) is 0 Å². The molecule has 0 fully saturated rings. The summed E-state index contributed by atoms with van der Waals surface area (Å²) in [4.78, 5) is 18.7. The van der Waals surface area contributed by atoms with Gasteiger partial charge in [-0.05, 0) is 0 Å². The zero-order chi connectivity index (χ0) is 5.86. The molecule has 0 heterocycles. The maximum absolute atomic E-state index is 9.36. The second-order valence-corrected chi connectivity index (χ2v) is 3.28. The standard InChI is InChI=1S/2CO2.Al.Ca.H2O/c2*2-1-3;;;/h;;;;1H2/q2*-1;+3;;/p-1. The van der Waals surface area contributed by atoms with Gasteiger partial charge in [0.2, 0.25) is 0 Å². The summed E-state index contributed by atoms with van der Waals surface area (Å²) in [5.41, 5.74) is 0. The maximum atomic E-state index is 9.36. The van der Waals surface area contributed by atoms with Gasteiger partial charge in [-0.15, -0.1) is 0 Å². The Morgan fingerprint density at radius 1 is 1.11 bits per heavy atom. The van der Waals surface area contributed by atoms with Crippen molar-refractivity contribution in [2.75, 3.05) is 0 Å². The molecule has 0 unspecified atom stereocenters. The predicted molar refractivity (Wildman–Crippen MR) is 24.2 cm³/mol. The first kappa shape index (κ1) is 16.4. The average molecular weight is 172 g/mol. The Labute approximate surface area is 79.8 Å². The van der Waals surface area contributed by atoms with Gasteiger partial charge in [-0.25, -0.2) is 0 Å². The fourth-order valence-electron chi connectivity index (χ4n) is 0.118. The van der Waals surface area contributed by atoms with Crippen molar-refractivity contribution in [3.8, 4) is 0 Å². The molecule has 0 spiro atoms. The van der Waals surface area contributed by atoms with Crippen LogP contribution in [0.2, 0.25) is 0 Å². The van der Waals surface area contributed by atoms with Crippen LogP contribution in [0.5, 0.6) is 0 Å². The van der Waals surface area contributed by atoms with Crippen molar-refractivity contribution in [1.29, 1.82) is 0 Å². The third-order valence-corrected chi connectivity index (χ3v) is 1.19. The smallest absolute Gasteiger partial charge is 0.870 e. The van der Waals surface area contributed by atoms with E-state index in [2.05, 4.69) is 0 Å². The molecule has 0 aliphatic rings. The summed E-state index contributed by atoms with van der Waals surface area (Å²) >= 11 is -2.49. The van der Waals surface area contributed by atoms with E-state index in [1.807, 2.05) is 0 Å². The Kier molecular flexibility index (Phi) is 15.8. The molecule has 7 heteroatoms. The quantitative estimate of drug-likeness (QED) is 0.408. The van der Waals surface area contributed by atoms with Gasteiger partial charge in [-0.2, -0.15) is 0 Å². The molecule has 0 aromatic carbocycles.